The fraction of sp³-hybridized carbons (Fsp3) is 0. The van der Waals surface area contributed by atoms with Gasteiger partial charge in [-0.25, -0.2) is 4.98 Å². The van der Waals surface area contributed by atoms with Crippen molar-refractivity contribution in [2.24, 2.45) is 0 Å². The van der Waals surface area contributed by atoms with Crippen LogP contribution >= 0.6 is 0 Å². The van der Waals surface area contributed by atoms with Crippen molar-refractivity contribution in [1.82, 2.24) is 14.5 Å². The molecule has 2 heterocycles. The topological polar surface area (TPSA) is 33.6 Å². The smallest absolute Gasteiger partial charge is 0.145 e. The summed E-state index contributed by atoms with van der Waals surface area (Å²) in [5.74, 6) is 0.957. The molecule has 0 aliphatic heterocycles. The van der Waals surface area contributed by atoms with Crippen LogP contribution in [0.4, 0.5) is 0 Å². The number of nitrogens with zero attached hydrogens (tertiary/aromatic N) is 2. The van der Waals surface area contributed by atoms with E-state index in [0.717, 1.165) is 33.6 Å². The van der Waals surface area contributed by atoms with Gasteiger partial charge in [0.25, 0.3) is 0 Å². The summed E-state index contributed by atoms with van der Waals surface area (Å²) >= 11 is 0. The Bertz CT molecular complexity index is 1760. The van der Waals surface area contributed by atoms with E-state index in [1.54, 1.807) is 0 Å². The monoisotopic (exact) mass is 409 g/mol. The molecular formula is C29H19N3. The molecule has 7 aromatic rings. The van der Waals surface area contributed by atoms with Gasteiger partial charge in [0.2, 0.25) is 0 Å². The van der Waals surface area contributed by atoms with Crippen molar-refractivity contribution in [3.8, 4) is 17.1 Å². The summed E-state index contributed by atoms with van der Waals surface area (Å²) in [7, 11) is 0. The minimum atomic E-state index is 0.957. The first-order valence-electron chi connectivity index (χ1n) is 10.8. The standard InChI is InChI=1S/C29H19N3/c1-3-9-19(10-4-1)29-31-27-17-20-15-24-23-13-7-8-14-25(23)30-26(24)16-21(20)18-28(27)32(29)22-11-5-2-6-12-22/h1-18,30H. The Morgan fingerprint density at radius 3 is 2.16 bits per heavy atom. The highest BCUT2D eigenvalue weighted by atomic mass is 15.1. The number of hydrogen-bond acceptors (Lipinski definition) is 1. The van der Waals surface area contributed by atoms with E-state index in [0.29, 0.717) is 0 Å². The molecule has 32 heavy (non-hydrogen) atoms. The molecule has 0 saturated carbocycles. The van der Waals surface area contributed by atoms with Crippen molar-refractivity contribution in [2.45, 2.75) is 0 Å². The number of imidazole rings is 1. The highest BCUT2D eigenvalue weighted by Gasteiger charge is 2.16. The maximum atomic E-state index is 5.09. The average molecular weight is 409 g/mol. The highest BCUT2D eigenvalue weighted by Crippen LogP contribution is 2.34. The lowest BCUT2D eigenvalue weighted by Crippen LogP contribution is -1.97. The first-order valence-corrected chi connectivity index (χ1v) is 10.8. The van der Waals surface area contributed by atoms with Gasteiger partial charge in [-0.15, -0.1) is 0 Å². The van der Waals surface area contributed by atoms with Crippen LogP contribution in [0.15, 0.2) is 109 Å². The third kappa shape index (κ3) is 2.51. The van der Waals surface area contributed by atoms with E-state index in [1.807, 2.05) is 12.1 Å². The summed E-state index contributed by atoms with van der Waals surface area (Å²) in [6.45, 7) is 0. The van der Waals surface area contributed by atoms with Crippen LogP contribution in [-0.2, 0) is 0 Å². The Labute approximate surface area is 184 Å². The van der Waals surface area contributed by atoms with Crippen molar-refractivity contribution in [3.63, 3.8) is 0 Å². The second-order valence-electron chi connectivity index (χ2n) is 8.23. The molecule has 1 N–H and O–H groups in total. The fourth-order valence-corrected chi connectivity index (χ4v) is 4.79. The van der Waals surface area contributed by atoms with Crippen LogP contribution in [0.25, 0.3) is 60.7 Å². The summed E-state index contributed by atoms with van der Waals surface area (Å²) in [6, 6.07) is 38.4. The molecule has 0 aliphatic carbocycles. The Balaban J connectivity index is 1.58. The van der Waals surface area contributed by atoms with Crippen molar-refractivity contribution in [3.05, 3.63) is 109 Å². The summed E-state index contributed by atoms with van der Waals surface area (Å²) in [5.41, 5.74) is 6.65. The SMILES string of the molecule is c1ccc(-c2nc3cc4cc5c(cc4cc3n2-c2ccccc2)[nH]c2ccccc25)cc1. The number of fused-ring (bicyclic) bond motifs is 5. The lowest BCUT2D eigenvalue weighted by atomic mass is 10.1. The molecule has 0 aliphatic rings. The maximum Gasteiger partial charge on any atom is 0.145 e. The van der Waals surface area contributed by atoms with Gasteiger partial charge in [-0.05, 0) is 53.2 Å². The van der Waals surface area contributed by atoms with E-state index in [-0.39, 0.29) is 0 Å². The van der Waals surface area contributed by atoms with Gasteiger partial charge >= 0.3 is 0 Å². The molecule has 0 amide bonds. The normalized spacial score (nSPS) is 11.8. The quantitative estimate of drug-likeness (QED) is 0.315. The molecule has 0 unspecified atom stereocenters. The van der Waals surface area contributed by atoms with E-state index in [2.05, 4.69) is 107 Å². The number of benzene rings is 5. The van der Waals surface area contributed by atoms with Gasteiger partial charge in [-0.3, -0.25) is 4.57 Å². The van der Waals surface area contributed by atoms with Crippen molar-refractivity contribution >= 4 is 43.6 Å². The van der Waals surface area contributed by atoms with E-state index in [4.69, 9.17) is 4.98 Å². The van der Waals surface area contributed by atoms with Crippen LogP contribution in [0.5, 0.6) is 0 Å². The third-order valence-electron chi connectivity index (χ3n) is 6.28. The molecular weight excluding hydrogens is 390 g/mol. The van der Waals surface area contributed by atoms with Gasteiger partial charge in [0.15, 0.2) is 0 Å². The van der Waals surface area contributed by atoms with Crippen molar-refractivity contribution in [2.75, 3.05) is 0 Å². The lowest BCUT2D eigenvalue weighted by Gasteiger charge is -2.10. The molecule has 3 nitrogen and oxygen atoms in total. The van der Waals surface area contributed by atoms with Crippen molar-refractivity contribution in [1.29, 1.82) is 0 Å². The van der Waals surface area contributed by atoms with Gasteiger partial charge in [0.05, 0.1) is 11.0 Å². The fourth-order valence-electron chi connectivity index (χ4n) is 4.79. The molecule has 2 aromatic heterocycles. The van der Waals surface area contributed by atoms with Crippen LogP contribution in [-0.4, -0.2) is 14.5 Å². The van der Waals surface area contributed by atoms with Crippen LogP contribution < -0.4 is 0 Å². The molecule has 3 heteroatoms. The number of aromatic amines is 1. The van der Waals surface area contributed by atoms with Crippen LogP contribution in [0.3, 0.4) is 0 Å². The summed E-state index contributed by atoms with van der Waals surface area (Å²) < 4.78 is 2.26. The van der Waals surface area contributed by atoms with Gasteiger partial charge in [0, 0.05) is 33.1 Å². The summed E-state index contributed by atoms with van der Waals surface area (Å²) in [4.78, 5) is 8.67. The first kappa shape index (κ1) is 17.3. The summed E-state index contributed by atoms with van der Waals surface area (Å²) in [6.07, 6.45) is 0. The predicted octanol–water partition coefficient (Wildman–Crippen LogP) is 7.48. The molecule has 150 valence electrons. The number of H-pyrrole nitrogens is 1. The minimum Gasteiger partial charge on any atom is -0.354 e. The van der Waals surface area contributed by atoms with Gasteiger partial charge < -0.3 is 4.98 Å². The van der Waals surface area contributed by atoms with Gasteiger partial charge in [0.1, 0.15) is 5.82 Å². The Morgan fingerprint density at radius 2 is 1.31 bits per heavy atom. The third-order valence-corrected chi connectivity index (χ3v) is 6.28. The van der Waals surface area contributed by atoms with E-state index < -0.39 is 0 Å². The number of hydrogen-bond donors (Lipinski definition) is 1. The maximum absolute atomic E-state index is 5.09. The second kappa shape index (κ2) is 6.56. The summed E-state index contributed by atoms with van der Waals surface area (Å²) in [5, 5.41) is 4.91. The molecule has 0 bridgehead atoms. The van der Waals surface area contributed by atoms with Crippen molar-refractivity contribution < 1.29 is 0 Å². The number of para-hydroxylation sites is 2. The molecule has 7 rings (SSSR count). The first-order chi connectivity index (χ1) is 15.8. The zero-order valence-corrected chi connectivity index (χ0v) is 17.3. The van der Waals surface area contributed by atoms with Crippen LogP contribution in [0, 0.1) is 0 Å². The number of rotatable bonds is 2. The van der Waals surface area contributed by atoms with Crippen LogP contribution in [0.1, 0.15) is 0 Å². The highest BCUT2D eigenvalue weighted by molar-refractivity contribution is 6.13. The Kier molecular flexibility index (Phi) is 3.55. The lowest BCUT2D eigenvalue weighted by molar-refractivity contribution is 1.10. The van der Waals surface area contributed by atoms with E-state index in [9.17, 15) is 0 Å². The zero-order valence-electron chi connectivity index (χ0n) is 17.3. The van der Waals surface area contributed by atoms with Gasteiger partial charge in [-0.1, -0.05) is 66.7 Å². The average Bonchev–Trinajstić information content (AvgIpc) is 3.40. The predicted molar refractivity (Wildman–Crippen MR) is 133 cm³/mol. The molecule has 0 radical (unpaired) electrons. The second-order valence-corrected chi connectivity index (χ2v) is 8.23. The molecule has 0 fully saturated rings. The molecule has 5 aromatic carbocycles. The number of nitrogens with one attached hydrogen (secondary N) is 1. The number of aromatic nitrogens is 3. The van der Waals surface area contributed by atoms with Gasteiger partial charge in [-0.2, -0.15) is 0 Å². The molecule has 0 saturated heterocycles. The zero-order chi connectivity index (χ0) is 21.1. The molecule has 0 atom stereocenters. The van der Waals surface area contributed by atoms with E-state index >= 15 is 0 Å². The Hall–Kier alpha value is -4.37. The van der Waals surface area contributed by atoms with E-state index in [1.165, 1.54) is 27.1 Å². The minimum absolute atomic E-state index is 0.957. The van der Waals surface area contributed by atoms with Crippen LogP contribution in [0.2, 0.25) is 0 Å². The largest absolute Gasteiger partial charge is 0.354 e. The molecule has 0 spiro atoms. The Morgan fingerprint density at radius 1 is 0.594 bits per heavy atom.